The lowest BCUT2D eigenvalue weighted by atomic mass is 10.1. The van der Waals surface area contributed by atoms with Gasteiger partial charge in [0, 0.05) is 30.0 Å². The quantitative estimate of drug-likeness (QED) is 0.890. The second kappa shape index (κ2) is 7.35. The Morgan fingerprint density at radius 2 is 2.08 bits per heavy atom. The summed E-state index contributed by atoms with van der Waals surface area (Å²) < 4.78 is 0. The molecular formula is C19H23N3O2S. The first-order chi connectivity index (χ1) is 12.0. The zero-order chi connectivity index (χ0) is 18.0. The van der Waals surface area contributed by atoms with Gasteiger partial charge in [0.15, 0.2) is 5.13 Å². The van der Waals surface area contributed by atoms with Crippen molar-refractivity contribution in [1.29, 1.82) is 0 Å². The molecule has 1 aliphatic rings. The number of hydrogen-bond donors (Lipinski definition) is 1. The summed E-state index contributed by atoms with van der Waals surface area (Å²) in [7, 11) is 0. The van der Waals surface area contributed by atoms with E-state index in [4.69, 9.17) is 0 Å². The Balaban J connectivity index is 1.65. The molecule has 132 valence electrons. The Hall–Kier alpha value is -2.21. The Labute approximate surface area is 152 Å². The van der Waals surface area contributed by atoms with Gasteiger partial charge in [-0.05, 0) is 25.8 Å². The Morgan fingerprint density at radius 3 is 2.68 bits per heavy atom. The van der Waals surface area contributed by atoms with E-state index >= 15 is 0 Å². The number of aryl methyl sites for hydroxylation is 1. The normalized spacial score (nSPS) is 17.4. The van der Waals surface area contributed by atoms with Crippen LogP contribution in [0.2, 0.25) is 0 Å². The summed E-state index contributed by atoms with van der Waals surface area (Å²) in [6.07, 6.45) is 1.28. The van der Waals surface area contributed by atoms with Gasteiger partial charge in [-0.3, -0.25) is 9.59 Å². The molecule has 2 heterocycles. The lowest BCUT2D eigenvalue weighted by Gasteiger charge is -2.20. The van der Waals surface area contributed by atoms with Crippen LogP contribution in [-0.2, 0) is 16.0 Å². The third-order valence-electron chi connectivity index (χ3n) is 4.54. The minimum absolute atomic E-state index is 0.0472. The lowest BCUT2D eigenvalue weighted by Crippen LogP contribution is -2.33. The minimum atomic E-state index is -0.300. The number of benzene rings is 1. The van der Waals surface area contributed by atoms with Gasteiger partial charge in [0.25, 0.3) is 0 Å². The fraction of sp³-hybridized carbons (Fsp3) is 0.421. The van der Waals surface area contributed by atoms with Gasteiger partial charge in [-0.1, -0.05) is 31.2 Å². The highest BCUT2D eigenvalue weighted by molar-refractivity contribution is 7.14. The van der Waals surface area contributed by atoms with Gasteiger partial charge in [0.2, 0.25) is 11.8 Å². The number of aromatic nitrogens is 1. The van der Waals surface area contributed by atoms with Crippen LogP contribution in [0.1, 0.15) is 32.8 Å². The van der Waals surface area contributed by atoms with Crippen molar-refractivity contribution in [1.82, 2.24) is 9.88 Å². The van der Waals surface area contributed by atoms with E-state index in [1.807, 2.05) is 19.2 Å². The molecule has 6 heteroatoms. The van der Waals surface area contributed by atoms with Crippen molar-refractivity contribution < 1.29 is 9.59 Å². The molecule has 0 radical (unpaired) electrons. The molecule has 2 amide bonds. The van der Waals surface area contributed by atoms with E-state index in [1.54, 1.807) is 4.90 Å². The molecule has 1 aromatic heterocycles. The summed E-state index contributed by atoms with van der Waals surface area (Å²) in [4.78, 5) is 30.7. The molecule has 1 fully saturated rings. The molecule has 1 saturated heterocycles. The predicted octanol–water partition coefficient (Wildman–Crippen LogP) is 3.57. The van der Waals surface area contributed by atoms with Crippen LogP contribution in [0.5, 0.6) is 0 Å². The summed E-state index contributed by atoms with van der Waals surface area (Å²) in [6, 6.07) is 8.42. The molecule has 5 nitrogen and oxygen atoms in total. The third-order valence-corrected chi connectivity index (χ3v) is 5.30. The summed E-state index contributed by atoms with van der Waals surface area (Å²) in [5, 5.41) is 5.39. The van der Waals surface area contributed by atoms with E-state index in [2.05, 4.69) is 41.5 Å². The molecule has 1 aromatic carbocycles. The average Bonchev–Trinajstić information content (AvgIpc) is 3.21. The summed E-state index contributed by atoms with van der Waals surface area (Å²) in [5.41, 5.74) is 3.18. The van der Waals surface area contributed by atoms with Crippen LogP contribution in [0.15, 0.2) is 29.6 Å². The van der Waals surface area contributed by atoms with Crippen molar-refractivity contribution in [2.75, 3.05) is 11.9 Å². The molecule has 1 N–H and O–H groups in total. The Bertz CT molecular complexity index is 767. The molecule has 3 rings (SSSR count). The summed E-state index contributed by atoms with van der Waals surface area (Å²) in [6.45, 7) is 6.54. The Kier molecular flexibility index (Phi) is 5.18. The SMILES string of the molecule is CCc1ccc(-c2csc(NC(=O)C3CC(=O)N(C(C)C)C3)n2)cc1. The van der Waals surface area contributed by atoms with Gasteiger partial charge in [-0.2, -0.15) is 0 Å². The number of likely N-dealkylation sites (tertiary alicyclic amines) is 1. The molecule has 0 saturated carbocycles. The van der Waals surface area contributed by atoms with Gasteiger partial charge in [0.05, 0.1) is 11.6 Å². The van der Waals surface area contributed by atoms with E-state index in [0.717, 1.165) is 17.7 Å². The highest BCUT2D eigenvalue weighted by atomic mass is 32.1. The zero-order valence-corrected chi connectivity index (χ0v) is 15.6. The maximum absolute atomic E-state index is 12.4. The number of carbonyl (C=O) groups is 2. The molecular weight excluding hydrogens is 334 g/mol. The average molecular weight is 357 g/mol. The van der Waals surface area contributed by atoms with Crippen LogP contribution < -0.4 is 5.32 Å². The van der Waals surface area contributed by atoms with Crippen LogP contribution in [0.3, 0.4) is 0 Å². The standard InChI is InChI=1S/C19H23N3O2S/c1-4-13-5-7-14(8-6-13)16-11-25-19(20-16)21-18(24)15-9-17(23)22(10-15)12(2)3/h5-8,11-12,15H,4,9-10H2,1-3H3,(H,20,21,24). The fourth-order valence-electron chi connectivity index (χ4n) is 2.99. The second-order valence-electron chi connectivity index (χ2n) is 6.62. The first kappa shape index (κ1) is 17.6. The summed E-state index contributed by atoms with van der Waals surface area (Å²) in [5.74, 6) is -0.379. The Morgan fingerprint density at radius 1 is 1.36 bits per heavy atom. The molecule has 0 bridgehead atoms. The molecule has 25 heavy (non-hydrogen) atoms. The number of hydrogen-bond acceptors (Lipinski definition) is 4. The van der Waals surface area contributed by atoms with E-state index in [0.29, 0.717) is 11.7 Å². The largest absolute Gasteiger partial charge is 0.339 e. The molecule has 0 spiro atoms. The topological polar surface area (TPSA) is 62.3 Å². The van der Waals surface area contributed by atoms with Gasteiger partial charge >= 0.3 is 0 Å². The van der Waals surface area contributed by atoms with Crippen molar-refractivity contribution in [3.8, 4) is 11.3 Å². The number of anilines is 1. The highest BCUT2D eigenvalue weighted by Crippen LogP contribution is 2.27. The fourth-order valence-corrected chi connectivity index (χ4v) is 3.71. The zero-order valence-electron chi connectivity index (χ0n) is 14.8. The molecule has 1 aliphatic heterocycles. The molecule has 1 atom stereocenters. The van der Waals surface area contributed by atoms with Crippen molar-refractivity contribution in [3.05, 3.63) is 35.2 Å². The van der Waals surface area contributed by atoms with Crippen LogP contribution in [0.4, 0.5) is 5.13 Å². The molecule has 0 aliphatic carbocycles. The first-order valence-corrected chi connectivity index (χ1v) is 9.51. The number of nitrogens with one attached hydrogen (secondary N) is 1. The number of thiazole rings is 1. The van der Waals surface area contributed by atoms with Crippen LogP contribution >= 0.6 is 11.3 Å². The number of amides is 2. The first-order valence-electron chi connectivity index (χ1n) is 8.63. The number of carbonyl (C=O) groups excluding carboxylic acids is 2. The second-order valence-corrected chi connectivity index (χ2v) is 7.48. The van der Waals surface area contributed by atoms with Crippen LogP contribution in [-0.4, -0.2) is 34.3 Å². The van der Waals surface area contributed by atoms with Gasteiger partial charge in [-0.25, -0.2) is 4.98 Å². The smallest absolute Gasteiger partial charge is 0.231 e. The van der Waals surface area contributed by atoms with E-state index in [9.17, 15) is 9.59 Å². The van der Waals surface area contributed by atoms with E-state index < -0.39 is 0 Å². The monoisotopic (exact) mass is 357 g/mol. The maximum atomic E-state index is 12.4. The number of rotatable bonds is 5. The third kappa shape index (κ3) is 3.90. The van der Waals surface area contributed by atoms with Crippen molar-refractivity contribution in [3.63, 3.8) is 0 Å². The maximum Gasteiger partial charge on any atom is 0.231 e. The van der Waals surface area contributed by atoms with Crippen LogP contribution in [0, 0.1) is 5.92 Å². The molecule has 1 unspecified atom stereocenters. The van der Waals surface area contributed by atoms with E-state index in [1.165, 1.54) is 16.9 Å². The van der Waals surface area contributed by atoms with Crippen molar-refractivity contribution >= 4 is 28.3 Å². The van der Waals surface area contributed by atoms with Crippen LogP contribution in [0.25, 0.3) is 11.3 Å². The number of nitrogens with zero attached hydrogens (tertiary/aromatic N) is 2. The lowest BCUT2D eigenvalue weighted by molar-refractivity contribution is -0.129. The van der Waals surface area contributed by atoms with Crippen molar-refractivity contribution in [2.24, 2.45) is 5.92 Å². The minimum Gasteiger partial charge on any atom is -0.339 e. The van der Waals surface area contributed by atoms with Gasteiger partial charge in [0.1, 0.15) is 0 Å². The molecule has 2 aromatic rings. The predicted molar refractivity (Wildman–Crippen MR) is 101 cm³/mol. The summed E-state index contributed by atoms with van der Waals surface area (Å²) >= 11 is 1.41. The van der Waals surface area contributed by atoms with Gasteiger partial charge < -0.3 is 10.2 Å². The van der Waals surface area contributed by atoms with E-state index in [-0.39, 0.29) is 30.2 Å². The highest BCUT2D eigenvalue weighted by Gasteiger charge is 2.35. The van der Waals surface area contributed by atoms with Crippen molar-refractivity contribution in [2.45, 2.75) is 39.7 Å². The van der Waals surface area contributed by atoms with Gasteiger partial charge in [-0.15, -0.1) is 11.3 Å².